The molecule has 27 heavy (non-hydrogen) atoms. The molecule has 1 atom stereocenters. The number of fused-ring (bicyclic) bond motifs is 1. The third kappa shape index (κ3) is 3.84. The van der Waals surface area contributed by atoms with E-state index >= 15 is 0 Å². The molecule has 7 heteroatoms. The molecule has 0 bridgehead atoms. The summed E-state index contributed by atoms with van der Waals surface area (Å²) in [4.78, 5) is 32.7. The van der Waals surface area contributed by atoms with Gasteiger partial charge in [-0.1, -0.05) is 25.3 Å². The average Bonchev–Trinajstić information content (AvgIpc) is 3.08. The highest BCUT2D eigenvalue weighted by Crippen LogP contribution is 2.37. The lowest BCUT2D eigenvalue weighted by atomic mass is 9.95. The predicted octanol–water partition coefficient (Wildman–Crippen LogP) is 3.28. The fourth-order valence-electron chi connectivity index (χ4n) is 4.05. The van der Waals surface area contributed by atoms with Gasteiger partial charge in [-0.15, -0.1) is 11.3 Å². The molecule has 2 fully saturated rings. The first-order chi connectivity index (χ1) is 13.1. The molecule has 2 amide bonds. The number of hydrogen-bond donors (Lipinski definition) is 1. The fraction of sp³-hybridized carbons (Fsp3) is 0.550. The van der Waals surface area contributed by atoms with E-state index in [0.29, 0.717) is 24.6 Å². The van der Waals surface area contributed by atoms with Crippen LogP contribution in [0.1, 0.15) is 60.4 Å². The maximum atomic E-state index is 13.1. The van der Waals surface area contributed by atoms with Gasteiger partial charge < -0.3 is 15.0 Å². The van der Waals surface area contributed by atoms with E-state index < -0.39 is 0 Å². The van der Waals surface area contributed by atoms with Crippen LogP contribution in [0.4, 0.5) is 0 Å². The second-order valence-corrected chi connectivity index (χ2v) is 8.33. The van der Waals surface area contributed by atoms with E-state index in [9.17, 15) is 9.59 Å². The third-order valence-corrected chi connectivity index (χ3v) is 6.61. The maximum absolute atomic E-state index is 13.1. The number of hydrogen-bond acceptors (Lipinski definition) is 5. The zero-order valence-electron chi connectivity index (χ0n) is 15.6. The molecule has 1 unspecified atom stereocenters. The highest BCUT2D eigenvalue weighted by molar-refractivity contribution is 7.20. The smallest absolute Gasteiger partial charge is 0.262 e. The maximum Gasteiger partial charge on any atom is 0.262 e. The van der Waals surface area contributed by atoms with Gasteiger partial charge in [0, 0.05) is 36.7 Å². The Morgan fingerprint density at radius 2 is 2.11 bits per heavy atom. The predicted molar refractivity (Wildman–Crippen MR) is 105 cm³/mol. The molecule has 2 aromatic rings. The van der Waals surface area contributed by atoms with E-state index in [0.717, 1.165) is 28.6 Å². The van der Waals surface area contributed by atoms with Gasteiger partial charge in [-0.2, -0.15) is 0 Å². The summed E-state index contributed by atoms with van der Waals surface area (Å²) >= 11 is 1.42. The number of aromatic nitrogens is 1. The molecule has 1 saturated carbocycles. The monoisotopic (exact) mass is 387 g/mol. The van der Waals surface area contributed by atoms with Gasteiger partial charge in [-0.3, -0.25) is 9.59 Å². The van der Waals surface area contributed by atoms with Gasteiger partial charge >= 0.3 is 0 Å². The van der Waals surface area contributed by atoms with E-state index in [1.54, 1.807) is 18.0 Å². The van der Waals surface area contributed by atoms with Crippen molar-refractivity contribution in [1.82, 2.24) is 15.2 Å². The van der Waals surface area contributed by atoms with Gasteiger partial charge in [-0.05, 0) is 18.9 Å². The van der Waals surface area contributed by atoms with Crippen LogP contribution in [0.3, 0.4) is 0 Å². The molecule has 6 nitrogen and oxygen atoms in total. The third-order valence-electron chi connectivity index (χ3n) is 5.49. The van der Waals surface area contributed by atoms with Crippen LogP contribution in [0.25, 0.3) is 10.2 Å². The van der Waals surface area contributed by atoms with E-state index in [4.69, 9.17) is 4.74 Å². The minimum Gasteiger partial charge on any atom is -0.370 e. The zero-order valence-corrected chi connectivity index (χ0v) is 16.4. The highest BCUT2D eigenvalue weighted by Gasteiger charge is 2.31. The summed E-state index contributed by atoms with van der Waals surface area (Å²) in [6.07, 6.45) is 7.13. The highest BCUT2D eigenvalue weighted by atomic mass is 32.1. The van der Waals surface area contributed by atoms with Crippen LogP contribution in [0.2, 0.25) is 0 Å². The molecule has 2 aromatic heterocycles. The molecular weight excluding hydrogens is 362 g/mol. The Hall–Kier alpha value is -1.99. The molecular formula is C20H25N3O3S. The summed E-state index contributed by atoms with van der Waals surface area (Å²) < 4.78 is 6.00. The molecule has 1 saturated heterocycles. The van der Waals surface area contributed by atoms with Gasteiger partial charge in [0.2, 0.25) is 5.91 Å². The van der Waals surface area contributed by atoms with Crippen LogP contribution < -0.4 is 5.32 Å². The molecule has 1 N–H and O–H groups in total. The summed E-state index contributed by atoms with van der Waals surface area (Å²) in [5.41, 5.74) is 0.877. The van der Waals surface area contributed by atoms with E-state index in [2.05, 4.69) is 10.3 Å². The van der Waals surface area contributed by atoms with Crippen molar-refractivity contribution >= 4 is 33.4 Å². The van der Waals surface area contributed by atoms with Crippen LogP contribution >= 0.6 is 11.3 Å². The lowest BCUT2D eigenvalue weighted by molar-refractivity contribution is -0.136. The molecule has 144 valence electrons. The Morgan fingerprint density at radius 1 is 1.30 bits per heavy atom. The fourth-order valence-corrected chi connectivity index (χ4v) is 5.15. The Bertz CT molecular complexity index is 844. The lowest BCUT2D eigenvalue weighted by Crippen LogP contribution is -2.42. The number of nitrogens with one attached hydrogen (secondary N) is 1. The summed E-state index contributed by atoms with van der Waals surface area (Å²) in [7, 11) is 0. The number of carbonyl (C=O) groups excluding carboxylic acids is 2. The van der Waals surface area contributed by atoms with Crippen molar-refractivity contribution in [2.45, 2.75) is 51.2 Å². The molecule has 0 spiro atoms. The minimum atomic E-state index is -0.298. The summed E-state index contributed by atoms with van der Waals surface area (Å²) in [6, 6.07) is 4.12. The van der Waals surface area contributed by atoms with Crippen molar-refractivity contribution < 1.29 is 14.3 Å². The van der Waals surface area contributed by atoms with Crippen molar-refractivity contribution in [2.24, 2.45) is 0 Å². The molecule has 0 aromatic carbocycles. The standard InChI is InChI=1S/C20H25N3O3S/c1-13(24)23-10-11-26-16(12-23)17-15-8-5-9-21-20(15)27-18(17)19(25)22-14-6-3-2-4-7-14/h5,8-9,14,16H,2-4,6-7,10-12H2,1H3,(H,22,25). The first-order valence-corrected chi connectivity index (χ1v) is 10.5. The number of ether oxygens (including phenoxy) is 1. The van der Waals surface area contributed by atoms with Crippen molar-refractivity contribution in [3.63, 3.8) is 0 Å². The van der Waals surface area contributed by atoms with Gasteiger partial charge in [-0.25, -0.2) is 4.98 Å². The number of thiophene rings is 1. The summed E-state index contributed by atoms with van der Waals surface area (Å²) in [6.45, 7) is 3.12. The topological polar surface area (TPSA) is 71.5 Å². The number of amides is 2. The molecule has 1 aliphatic heterocycles. The van der Waals surface area contributed by atoms with E-state index in [-0.39, 0.29) is 24.0 Å². The Balaban J connectivity index is 1.66. The lowest BCUT2D eigenvalue weighted by Gasteiger charge is -2.33. The molecule has 1 aliphatic carbocycles. The minimum absolute atomic E-state index is 0.0363. The number of pyridine rings is 1. The first-order valence-electron chi connectivity index (χ1n) is 9.69. The van der Waals surface area contributed by atoms with E-state index in [1.165, 1.54) is 30.6 Å². The zero-order chi connectivity index (χ0) is 18.8. The van der Waals surface area contributed by atoms with Crippen molar-refractivity contribution in [3.8, 4) is 0 Å². The molecule has 0 radical (unpaired) electrons. The second-order valence-electron chi connectivity index (χ2n) is 7.33. The average molecular weight is 388 g/mol. The van der Waals surface area contributed by atoms with Crippen molar-refractivity contribution in [3.05, 3.63) is 28.8 Å². The normalized spacial score (nSPS) is 21.4. The van der Waals surface area contributed by atoms with Crippen molar-refractivity contribution in [2.75, 3.05) is 19.7 Å². The van der Waals surface area contributed by atoms with Gasteiger partial charge in [0.15, 0.2) is 0 Å². The van der Waals surface area contributed by atoms with Gasteiger partial charge in [0.25, 0.3) is 5.91 Å². The van der Waals surface area contributed by atoms with Crippen molar-refractivity contribution in [1.29, 1.82) is 0 Å². The summed E-state index contributed by atoms with van der Waals surface area (Å²) in [5, 5.41) is 4.17. The van der Waals surface area contributed by atoms with E-state index in [1.807, 2.05) is 12.1 Å². The number of morpholine rings is 1. The second kappa shape index (κ2) is 7.94. The van der Waals surface area contributed by atoms with Crippen LogP contribution in [-0.2, 0) is 9.53 Å². The van der Waals surface area contributed by atoms with Crippen LogP contribution in [0.15, 0.2) is 18.3 Å². The Kier molecular flexibility index (Phi) is 5.41. The van der Waals surface area contributed by atoms with Crippen LogP contribution in [-0.4, -0.2) is 47.4 Å². The van der Waals surface area contributed by atoms with Crippen LogP contribution in [0.5, 0.6) is 0 Å². The Morgan fingerprint density at radius 3 is 2.89 bits per heavy atom. The SMILES string of the molecule is CC(=O)N1CCOC(c2c(C(=O)NC3CCCCC3)sc3ncccc23)C1. The van der Waals surface area contributed by atoms with Gasteiger partial charge in [0.1, 0.15) is 15.8 Å². The molecule has 2 aliphatic rings. The molecule has 3 heterocycles. The first kappa shape index (κ1) is 18.4. The van der Waals surface area contributed by atoms with Crippen LogP contribution in [0, 0.1) is 0 Å². The summed E-state index contributed by atoms with van der Waals surface area (Å²) in [5.74, 6) is -0.00221. The number of carbonyl (C=O) groups is 2. The van der Waals surface area contributed by atoms with Gasteiger partial charge in [0.05, 0.1) is 13.2 Å². The quantitative estimate of drug-likeness (QED) is 0.877. The number of rotatable bonds is 3. The number of nitrogens with zero attached hydrogens (tertiary/aromatic N) is 2. The molecule has 4 rings (SSSR count). The Labute approximate surface area is 162 Å². The largest absolute Gasteiger partial charge is 0.370 e.